The lowest BCUT2D eigenvalue weighted by Crippen LogP contribution is -2.07. The van der Waals surface area contributed by atoms with E-state index >= 15 is 0 Å². The van der Waals surface area contributed by atoms with E-state index in [2.05, 4.69) is 41.5 Å². The molecule has 0 bridgehead atoms. The predicted octanol–water partition coefficient (Wildman–Crippen LogP) is 2.94. The molecule has 0 spiro atoms. The maximum absolute atomic E-state index is 5.78. The molecule has 2 aromatic rings. The Labute approximate surface area is 118 Å². The van der Waals surface area contributed by atoms with E-state index in [4.69, 9.17) is 11.6 Å². The summed E-state index contributed by atoms with van der Waals surface area (Å²) in [6, 6.07) is 7.99. The first-order valence-corrected chi connectivity index (χ1v) is 6.42. The summed E-state index contributed by atoms with van der Waals surface area (Å²) in [5.74, 6) is 0.885. The minimum Gasteiger partial charge on any atom is -0.357 e. The quantitative estimate of drug-likeness (QED) is 0.903. The highest BCUT2D eigenvalue weighted by Crippen LogP contribution is 2.13. The molecule has 2 rings (SSSR count). The van der Waals surface area contributed by atoms with Crippen LogP contribution in [0.25, 0.3) is 0 Å². The lowest BCUT2D eigenvalue weighted by atomic mass is 10.2. The van der Waals surface area contributed by atoms with E-state index in [9.17, 15) is 0 Å². The van der Waals surface area contributed by atoms with Gasteiger partial charge in [0, 0.05) is 18.1 Å². The molecule has 0 atom stereocenters. The second kappa shape index (κ2) is 5.97. The van der Waals surface area contributed by atoms with Gasteiger partial charge in [-0.05, 0) is 29.3 Å². The van der Waals surface area contributed by atoms with Crippen LogP contribution in [0.5, 0.6) is 0 Å². The number of anilines is 2. The van der Waals surface area contributed by atoms with Gasteiger partial charge in [-0.15, -0.1) is 0 Å². The van der Waals surface area contributed by atoms with E-state index < -0.39 is 0 Å². The monoisotopic (exact) mass is 327 g/mol. The van der Waals surface area contributed by atoms with Crippen molar-refractivity contribution >= 4 is 39.4 Å². The van der Waals surface area contributed by atoms with E-state index in [1.807, 2.05) is 24.3 Å². The van der Waals surface area contributed by atoms with Crippen LogP contribution in [-0.2, 0) is 6.54 Å². The van der Waals surface area contributed by atoms with Gasteiger partial charge in [-0.3, -0.25) is 0 Å². The second-order valence-electron chi connectivity index (χ2n) is 3.48. The minimum absolute atomic E-state index is 0.160. The first kappa shape index (κ1) is 13.0. The zero-order valence-corrected chi connectivity index (χ0v) is 12.0. The maximum atomic E-state index is 5.78. The predicted molar refractivity (Wildman–Crippen MR) is 75.9 cm³/mol. The molecule has 1 aromatic carbocycles. The largest absolute Gasteiger partial charge is 0.357 e. The Morgan fingerprint density at radius 3 is 2.44 bits per heavy atom. The SMILES string of the molecule is CNc1nc(Cl)nc(NCc2ccc(Br)cc2)n1. The molecular formula is C11H11BrClN5. The van der Waals surface area contributed by atoms with Crippen LogP contribution in [0.1, 0.15) is 5.56 Å². The van der Waals surface area contributed by atoms with Crippen molar-refractivity contribution in [2.75, 3.05) is 17.7 Å². The minimum atomic E-state index is 0.160. The van der Waals surface area contributed by atoms with Crippen molar-refractivity contribution in [1.29, 1.82) is 0 Å². The number of nitrogens with one attached hydrogen (secondary N) is 2. The van der Waals surface area contributed by atoms with Crippen molar-refractivity contribution in [3.8, 4) is 0 Å². The average molecular weight is 329 g/mol. The summed E-state index contributed by atoms with van der Waals surface area (Å²) < 4.78 is 1.05. The molecule has 0 fully saturated rings. The van der Waals surface area contributed by atoms with Crippen molar-refractivity contribution < 1.29 is 0 Å². The molecule has 0 saturated heterocycles. The van der Waals surface area contributed by atoms with Gasteiger partial charge in [0.25, 0.3) is 0 Å². The first-order chi connectivity index (χ1) is 8.67. The van der Waals surface area contributed by atoms with Gasteiger partial charge in [0.15, 0.2) is 0 Å². The highest BCUT2D eigenvalue weighted by Gasteiger charge is 2.03. The van der Waals surface area contributed by atoms with E-state index in [0.29, 0.717) is 18.4 Å². The lowest BCUT2D eigenvalue weighted by Gasteiger charge is -2.06. The van der Waals surface area contributed by atoms with Gasteiger partial charge in [-0.25, -0.2) is 0 Å². The average Bonchev–Trinajstić information content (AvgIpc) is 2.37. The highest BCUT2D eigenvalue weighted by molar-refractivity contribution is 9.10. The van der Waals surface area contributed by atoms with E-state index in [1.165, 1.54) is 0 Å². The van der Waals surface area contributed by atoms with Crippen LogP contribution in [0.3, 0.4) is 0 Å². The molecule has 0 unspecified atom stereocenters. The Kier molecular flexibility index (Phi) is 4.33. The summed E-state index contributed by atoms with van der Waals surface area (Å²) in [5, 5.41) is 6.07. The fraction of sp³-hybridized carbons (Fsp3) is 0.182. The summed E-state index contributed by atoms with van der Waals surface area (Å²) in [4.78, 5) is 12.0. The number of benzene rings is 1. The standard InChI is InChI=1S/C11H11BrClN5/c1-14-10-16-9(13)17-11(18-10)15-6-7-2-4-8(12)5-3-7/h2-5H,6H2,1H3,(H2,14,15,16,17,18). The van der Waals surface area contributed by atoms with Gasteiger partial charge in [0.05, 0.1) is 0 Å². The van der Waals surface area contributed by atoms with Crippen molar-refractivity contribution in [3.63, 3.8) is 0 Å². The number of hydrogen-bond acceptors (Lipinski definition) is 5. The molecule has 0 aliphatic rings. The molecule has 0 aliphatic heterocycles. The van der Waals surface area contributed by atoms with Gasteiger partial charge in [0.2, 0.25) is 17.2 Å². The lowest BCUT2D eigenvalue weighted by molar-refractivity contribution is 1.00. The first-order valence-electron chi connectivity index (χ1n) is 5.25. The number of halogens is 2. The van der Waals surface area contributed by atoms with Crippen LogP contribution in [0.4, 0.5) is 11.9 Å². The van der Waals surface area contributed by atoms with E-state index in [1.54, 1.807) is 7.05 Å². The number of hydrogen-bond donors (Lipinski definition) is 2. The van der Waals surface area contributed by atoms with Gasteiger partial charge in [-0.2, -0.15) is 15.0 Å². The molecule has 0 saturated carbocycles. The number of nitrogens with zero attached hydrogens (tertiary/aromatic N) is 3. The molecule has 5 nitrogen and oxygen atoms in total. The van der Waals surface area contributed by atoms with Gasteiger partial charge in [0.1, 0.15) is 0 Å². The third-order valence-corrected chi connectivity index (χ3v) is 2.89. The van der Waals surface area contributed by atoms with Crippen LogP contribution >= 0.6 is 27.5 Å². The Balaban J connectivity index is 2.05. The molecule has 0 radical (unpaired) electrons. The molecule has 1 aromatic heterocycles. The summed E-state index contributed by atoms with van der Waals surface area (Å²) in [5.41, 5.74) is 1.13. The zero-order valence-electron chi connectivity index (χ0n) is 9.61. The fourth-order valence-corrected chi connectivity index (χ4v) is 1.75. The maximum Gasteiger partial charge on any atom is 0.229 e. The number of rotatable bonds is 4. The Hall–Kier alpha value is -1.40. The molecular weight excluding hydrogens is 318 g/mol. The topological polar surface area (TPSA) is 62.7 Å². The number of aromatic nitrogens is 3. The molecule has 7 heteroatoms. The zero-order chi connectivity index (χ0) is 13.0. The third kappa shape index (κ3) is 3.54. The van der Waals surface area contributed by atoms with E-state index in [0.717, 1.165) is 10.0 Å². The molecule has 0 aliphatic carbocycles. The van der Waals surface area contributed by atoms with Gasteiger partial charge in [-0.1, -0.05) is 28.1 Å². The van der Waals surface area contributed by atoms with Crippen LogP contribution in [0, 0.1) is 0 Å². The van der Waals surface area contributed by atoms with Crippen LogP contribution < -0.4 is 10.6 Å². The third-order valence-electron chi connectivity index (χ3n) is 2.20. The Morgan fingerprint density at radius 2 is 1.78 bits per heavy atom. The fourth-order valence-electron chi connectivity index (χ4n) is 1.32. The summed E-state index contributed by atoms with van der Waals surface area (Å²) in [6.45, 7) is 0.622. The van der Waals surface area contributed by atoms with Gasteiger partial charge >= 0.3 is 0 Å². The van der Waals surface area contributed by atoms with Crippen molar-refractivity contribution in [2.24, 2.45) is 0 Å². The molecule has 2 N–H and O–H groups in total. The van der Waals surface area contributed by atoms with Crippen molar-refractivity contribution in [2.45, 2.75) is 6.54 Å². The summed E-state index contributed by atoms with van der Waals surface area (Å²) in [7, 11) is 1.73. The second-order valence-corrected chi connectivity index (χ2v) is 4.74. The summed E-state index contributed by atoms with van der Waals surface area (Å²) in [6.07, 6.45) is 0. The summed E-state index contributed by atoms with van der Waals surface area (Å²) >= 11 is 9.17. The van der Waals surface area contributed by atoms with Crippen LogP contribution in [0.15, 0.2) is 28.7 Å². The molecule has 0 amide bonds. The molecule has 18 heavy (non-hydrogen) atoms. The van der Waals surface area contributed by atoms with Crippen LogP contribution in [-0.4, -0.2) is 22.0 Å². The normalized spacial score (nSPS) is 10.2. The van der Waals surface area contributed by atoms with Crippen LogP contribution in [0.2, 0.25) is 5.28 Å². The van der Waals surface area contributed by atoms with E-state index in [-0.39, 0.29) is 5.28 Å². The van der Waals surface area contributed by atoms with Crippen molar-refractivity contribution in [3.05, 3.63) is 39.6 Å². The smallest absolute Gasteiger partial charge is 0.229 e. The Morgan fingerprint density at radius 1 is 1.11 bits per heavy atom. The molecule has 1 heterocycles. The van der Waals surface area contributed by atoms with Gasteiger partial charge < -0.3 is 10.6 Å². The highest BCUT2D eigenvalue weighted by atomic mass is 79.9. The Bertz CT molecular complexity index is 531. The molecule has 94 valence electrons. The van der Waals surface area contributed by atoms with Crippen molar-refractivity contribution in [1.82, 2.24) is 15.0 Å².